The summed E-state index contributed by atoms with van der Waals surface area (Å²) in [7, 11) is -2.76. The SMILES string of the molecule is COC(=O)N(C(=O)[C@@H](N)Cc1ccccc1Br)[C@@H](C)CCC[C@@H](CO)N(C(C)C)S(=O)(=O)c1ccc(CO)cc1. The number of halogens is 1. The second kappa shape index (κ2) is 15.6. The van der Waals surface area contributed by atoms with E-state index in [0.717, 1.165) is 14.9 Å². The third-order valence-electron chi connectivity index (χ3n) is 6.68. The molecule has 2 aromatic carbocycles. The molecule has 0 fully saturated rings. The molecule has 0 heterocycles. The number of rotatable bonds is 14. The molecule has 0 saturated carbocycles. The maximum absolute atomic E-state index is 13.5. The summed E-state index contributed by atoms with van der Waals surface area (Å²) in [6, 6.07) is 10.6. The van der Waals surface area contributed by atoms with Crippen molar-refractivity contribution in [1.82, 2.24) is 9.21 Å². The van der Waals surface area contributed by atoms with Crippen molar-refractivity contribution in [2.45, 2.75) is 82.1 Å². The molecule has 40 heavy (non-hydrogen) atoms. The third kappa shape index (κ3) is 8.58. The highest BCUT2D eigenvalue weighted by atomic mass is 79.9. The van der Waals surface area contributed by atoms with Crippen LogP contribution in [0.1, 0.15) is 51.2 Å². The van der Waals surface area contributed by atoms with Crippen LogP contribution in [0.5, 0.6) is 0 Å². The largest absolute Gasteiger partial charge is 0.452 e. The van der Waals surface area contributed by atoms with E-state index in [9.17, 15) is 28.2 Å². The van der Waals surface area contributed by atoms with Crippen LogP contribution in [-0.2, 0) is 32.6 Å². The first-order valence-electron chi connectivity index (χ1n) is 13.1. The van der Waals surface area contributed by atoms with E-state index in [1.54, 1.807) is 32.9 Å². The maximum Gasteiger partial charge on any atom is 0.416 e. The minimum absolute atomic E-state index is 0.0618. The first kappa shape index (κ1) is 33.9. The number of nitrogens with two attached hydrogens (primary N) is 1. The summed E-state index contributed by atoms with van der Waals surface area (Å²) in [6.07, 6.45) is 0.439. The second-order valence-electron chi connectivity index (χ2n) is 9.93. The van der Waals surface area contributed by atoms with E-state index in [1.165, 1.54) is 23.5 Å². The molecule has 0 aromatic heterocycles. The standard InChI is InChI=1S/C28H40BrN3O7S/c1-19(2)32(40(37,38)24-14-12-21(17-33)13-15-24)23(18-34)10-7-8-20(3)31(28(36)39-4)27(35)26(30)16-22-9-5-6-11-25(22)29/h5-6,9,11-15,19-20,23,26,33-34H,7-8,10,16-18,30H2,1-4H3/t20-,23-,26-/m0/s1. The van der Waals surface area contributed by atoms with Gasteiger partial charge in [-0.3, -0.25) is 4.79 Å². The number of amides is 2. The van der Waals surface area contributed by atoms with Crippen LogP contribution in [0.4, 0.5) is 4.79 Å². The number of carbonyl (C=O) groups is 2. The molecule has 0 spiro atoms. The molecule has 0 bridgehead atoms. The number of sulfonamides is 1. The number of ether oxygens (including phenoxy) is 1. The van der Waals surface area contributed by atoms with Gasteiger partial charge in [0.2, 0.25) is 15.9 Å². The Morgan fingerprint density at radius 2 is 1.65 bits per heavy atom. The van der Waals surface area contributed by atoms with Crippen LogP contribution in [0.2, 0.25) is 0 Å². The molecule has 2 aromatic rings. The lowest BCUT2D eigenvalue weighted by atomic mass is 10.0. The van der Waals surface area contributed by atoms with E-state index in [2.05, 4.69) is 15.9 Å². The Morgan fingerprint density at radius 3 is 2.17 bits per heavy atom. The van der Waals surface area contributed by atoms with Crippen LogP contribution in [0.3, 0.4) is 0 Å². The van der Waals surface area contributed by atoms with Gasteiger partial charge in [-0.1, -0.05) is 46.3 Å². The van der Waals surface area contributed by atoms with Gasteiger partial charge >= 0.3 is 6.09 Å². The molecule has 3 atom stereocenters. The van der Waals surface area contributed by atoms with E-state index in [0.29, 0.717) is 24.8 Å². The van der Waals surface area contributed by atoms with Gasteiger partial charge in [-0.2, -0.15) is 4.31 Å². The number of carbonyl (C=O) groups excluding carboxylic acids is 2. The zero-order valence-electron chi connectivity index (χ0n) is 23.4. The Bertz CT molecular complexity index is 1220. The van der Waals surface area contributed by atoms with E-state index in [1.807, 2.05) is 24.3 Å². The Labute approximate surface area is 245 Å². The number of hydrogen-bond acceptors (Lipinski definition) is 8. The number of nitrogens with zero attached hydrogens (tertiary/aromatic N) is 2. The fraction of sp³-hybridized carbons (Fsp3) is 0.500. The van der Waals surface area contributed by atoms with Gasteiger partial charge in [0.25, 0.3) is 0 Å². The van der Waals surface area contributed by atoms with Crippen molar-refractivity contribution >= 4 is 38.0 Å². The molecule has 12 heteroatoms. The van der Waals surface area contributed by atoms with Gasteiger partial charge < -0.3 is 20.7 Å². The lowest BCUT2D eigenvalue weighted by molar-refractivity contribution is -0.132. The molecular formula is C28H40BrN3O7S. The summed E-state index contributed by atoms with van der Waals surface area (Å²) >= 11 is 3.44. The second-order valence-corrected chi connectivity index (χ2v) is 12.6. The van der Waals surface area contributed by atoms with Crippen LogP contribution < -0.4 is 5.73 Å². The topological polar surface area (TPSA) is 150 Å². The van der Waals surface area contributed by atoms with Crippen LogP contribution in [0.25, 0.3) is 0 Å². The van der Waals surface area contributed by atoms with Crippen LogP contribution in [-0.4, -0.2) is 77.7 Å². The van der Waals surface area contributed by atoms with Crippen molar-refractivity contribution in [3.8, 4) is 0 Å². The molecule has 10 nitrogen and oxygen atoms in total. The molecule has 2 amide bonds. The smallest absolute Gasteiger partial charge is 0.416 e. The van der Waals surface area contributed by atoms with Crippen molar-refractivity contribution in [2.24, 2.45) is 5.73 Å². The lowest BCUT2D eigenvalue weighted by Crippen LogP contribution is -2.51. The predicted octanol–water partition coefficient (Wildman–Crippen LogP) is 3.43. The monoisotopic (exact) mass is 641 g/mol. The summed E-state index contributed by atoms with van der Waals surface area (Å²) in [6.45, 7) is 4.56. The van der Waals surface area contributed by atoms with Crippen LogP contribution >= 0.6 is 15.9 Å². The predicted molar refractivity (Wildman–Crippen MR) is 156 cm³/mol. The van der Waals surface area contributed by atoms with Gasteiger partial charge in [-0.25, -0.2) is 18.1 Å². The van der Waals surface area contributed by atoms with E-state index >= 15 is 0 Å². The number of aliphatic hydroxyl groups excluding tert-OH is 2. The van der Waals surface area contributed by atoms with Crippen molar-refractivity contribution in [3.05, 3.63) is 64.1 Å². The van der Waals surface area contributed by atoms with E-state index in [4.69, 9.17) is 10.5 Å². The highest BCUT2D eigenvalue weighted by Crippen LogP contribution is 2.25. The average molecular weight is 643 g/mol. The quantitative estimate of drug-likeness (QED) is 0.284. The molecular weight excluding hydrogens is 602 g/mol. The van der Waals surface area contributed by atoms with Crippen LogP contribution in [0.15, 0.2) is 57.9 Å². The number of benzene rings is 2. The minimum atomic E-state index is -3.95. The van der Waals surface area contributed by atoms with Gasteiger partial charge in [-0.15, -0.1) is 0 Å². The van der Waals surface area contributed by atoms with E-state index in [-0.39, 0.29) is 17.9 Å². The molecule has 2 rings (SSSR count). The molecule has 0 radical (unpaired) electrons. The molecule has 0 aliphatic rings. The first-order chi connectivity index (χ1) is 18.9. The van der Waals surface area contributed by atoms with Gasteiger partial charge in [0.1, 0.15) is 0 Å². The number of aliphatic hydroxyl groups is 2. The van der Waals surface area contributed by atoms with Gasteiger partial charge in [0, 0.05) is 22.6 Å². The molecule has 4 N–H and O–H groups in total. The summed E-state index contributed by atoms with van der Waals surface area (Å²) in [5.41, 5.74) is 7.62. The number of methoxy groups -OCH3 is 1. The Balaban J connectivity index is 2.14. The minimum Gasteiger partial charge on any atom is -0.452 e. The van der Waals surface area contributed by atoms with Crippen molar-refractivity contribution in [2.75, 3.05) is 13.7 Å². The van der Waals surface area contributed by atoms with Crippen molar-refractivity contribution in [3.63, 3.8) is 0 Å². The lowest BCUT2D eigenvalue weighted by Gasteiger charge is -2.34. The Kier molecular flexibility index (Phi) is 13.2. The highest BCUT2D eigenvalue weighted by molar-refractivity contribution is 9.10. The molecule has 222 valence electrons. The Hall–Kier alpha value is -2.35. The van der Waals surface area contributed by atoms with Gasteiger partial charge in [0.15, 0.2) is 0 Å². The molecule has 0 unspecified atom stereocenters. The summed E-state index contributed by atoms with van der Waals surface area (Å²) in [5, 5.41) is 19.4. The molecule has 0 aliphatic heterocycles. The normalized spacial score (nSPS) is 14.2. The van der Waals surface area contributed by atoms with Crippen molar-refractivity contribution < 1.29 is 33.0 Å². The molecule has 0 saturated heterocycles. The fourth-order valence-corrected chi connectivity index (χ4v) is 6.90. The zero-order valence-corrected chi connectivity index (χ0v) is 25.8. The summed E-state index contributed by atoms with van der Waals surface area (Å²) in [5.74, 6) is -0.577. The highest BCUT2D eigenvalue weighted by Gasteiger charge is 2.35. The molecule has 0 aliphatic carbocycles. The van der Waals surface area contributed by atoms with Gasteiger partial charge in [0.05, 0.1) is 31.3 Å². The third-order valence-corrected chi connectivity index (χ3v) is 9.60. The summed E-state index contributed by atoms with van der Waals surface area (Å²) < 4.78 is 33.9. The van der Waals surface area contributed by atoms with Crippen molar-refractivity contribution in [1.29, 1.82) is 0 Å². The number of imide groups is 1. The number of hydrogen-bond donors (Lipinski definition) is 3. The van der Waals surface area contributed by atoms with E-state index < -0.39 is 52.8 Å². The average Bonchev–Trinajstić information content (AvgIpc) is 2.93. The fourth-order valence-electron chi connectivity index (χ4n) is 4.61. The summed E-state index contributed by atoms with van der Waals surface area (Å²) in [4.78, 5) is 26.9. The first-order valence-corrected chi connectivity index (χ1v) is 15.4. The van der Waals surface area contributed by atoms with Crippen LogP contribution in [0, 0.1) is 0 Å². The Morgan fingerprint density at radius 1 is 1.02 bits per heavy atom. The maximum atomic E-state index is 13.5. The van der Waals surface area contributed by atoms with Gasteiger partial charge in [-0.05, 0) is 75.8 Å². The zero-order chi connectivity index (χ0) is 30.0.